The summed E-state index contributed by atoms with van der Waals surface area (Å²) in [5.41, 5.74) is 4.02. The summed E-state index contributed by atoms with van der Waals surface area (Å²) >= 11 is 0. The van der Waals surface area contributed by atoms with Crippen LogP contribution in [0.4, 0.5) is 11.5 Å². The second kappa shape index (κ2) is 10.4. The van der Waals surface area contributed by atoms with Crippen molar-refractivity contribution in [3.05, 3.63) is 120 Å². The van der Waals surface area contributed by atoms with Crippen LogP contribution in [0, 0.1) is 0 Å². The maximum absolute atomic E-state index is 13.5. The molecule has 0 radical (unpaired) electrons. The van der Waals surface area contributed by atoms with E-state index in [1.54, 1.807) is 12.1 Å². The predicted molar refractivity (Wildman–Crippen MR) is 133 cm³/mol. The number of benzene rings is 3. The van der Waals surface area contributed by atoms with Crippen molar-refractivity contribution in [2.24, 2.45) is 0 Å². The van der Waals surface area contributed by atoms with Crippen molar-refractivity contribution in [1.29, 1.82) is 0 Å². The van der Waals surface area contributed by atoms with Gasteiger partial charge < -0.3 is 5.32 Å². The quantitative estimate of drug-likeness (QED) is 0.346. The van der Waals surface area contributed by atoms with E-state index in [1.165, 1.54) is 16.1 Å². The van der Waals surface area contributed by atoms with Gasteiger partial charge >= 0.3 is 0 Å². The summed E-state index contributed by atoms with van der Waals surface area (Å²) < 4.78 is 28.6. The zero-order valence-electron chi connectivity index (χ0n) is 18.6. The van der Waals surface area contributed by atoms with Crippen molar-refractivity contribution in [3.63, 3.8) is 0 Å². The summed E-state index contributed by atoms with van der Waals surface area (Å²) in [6, 6.07) is 30.6. The number of nitrogens with one attached hydrogen (secondary N) is 1. The normalized spacial score (nSPS) is 11.5. The van der Waals surface area contributed by atoms with E-state index in [1.807, 2.05) is 72.8 Å². The summed E-state index contributed by atoms with van der Waals surface area (Å²) in [5, 5.41) is 3.22. The number of hydrogen-bond acceptors (Lipinski definition) is 4. The average Bonchev–Trinajstić information content (AvgIpc) is 2.86. The number of anilines is 2. The van der Waals surface area contributed by atoms with Crippen molar-refractivity contribution < 1.29 is 8.42 Å². The van der Waals surface area contributed by atoms with Crippen LogP contribution in [-0.2, 0) is 29.5 Å². The van der Waals surface area contributed by atoms with Gasteiger partial charge in [0.1, 0.15) is 10.7 Å². The number of hydrogen-bond donors (Lipinski definition) is 1. The molecule has 1 heterocycles. The van der Waals surface area contributed by atoms with E-state index in [0.717, 1.165) is 23.2 Å². The second-order valence-electron chi connectivity index (χ2n) is 7.80. The van der Waals surface area contributed by atoms with Gasteiger partial charge in [0.05, 0.1) is 0 Å². The van der Waals surface area contributed by atoms with Crippen molar-refractivity contribution >= 4 is 21.5 Å². The first-order valence-corrected chi connectivity index (χ1v) is 12.4. The van der Waals surface area contributed by atoms with Gasteiger partial charge in [0, 0.05) is 25.0 Å². The average molecular weight is 458 g/mol. The number of nitrogens with zero attached hydrogens (tertiary/aromatic N) is 2. The number of aryl methyl sites for hydroxylation is 1. The molecular weight excluding hydrogens is 430 g/mol. The molecule has 0 atom stereocenters. The smallest absolute Gasteiger partial charge is 0.245 e. The Morgan fingerprint density at radius 2 is 1.30 bits per heavy atom. The lowest BCUT2D eigenvalue weighted by atomic mass is 10.1. The molecule has 0 saturated heterocycles. The van der Waals surface area contributed by atoms with Crippen LogP contribution in [0.5, 0.6) is 0 Å². The molecule has 4 rings (SSSR count). The first kappa shape index (κ1) is 22.7. The van der Waals surface area contributed by atoms with Crippen LogP contribution in [0.25, 0.3) is 0 Å². The first-order valence-electron chi connectivity index (χ1n) is 10.9. The van der Waals surface area contributed by atoms with Crippen molar-refractivity contribution in [1.82, 2.24) is 9.29 Å². The van der Waals surface area contributed by atoms with Gasteiger partial charge in [-0.1, -0.05) is 79.7 Å². The molecule has 0 bridgehead atoms. The molecular formula is C27H27N3O2S. The van der Waals surface area contributed by atoms with Crippen LogP contribution < -0.4 is 5.32 Å². The van der Waals surface area contributed by atoms with Crippen LogP contribution in [-0.4, -0.2) is 17.7 Å². The van der Waals surface area contributed by atoms with Crippen molar-refractivity contribution in [2.75, 3.05) is 5.32 Å². The molecule has 0 fully saturated rings. The molecule has 0 saturated carbocycles. The molecule has 0 spiro atoms. The van der Waals surface area contributed by atoms with Gasteiger partial charge in [-0.15, -0.1) is 0 Å². The lowest BCUT2D eigenvalue weighted by Crippen LogP contribution is -2.30. The molecule has 0 aliphatic rings. The van der Waals surface area contributed by atoms with Gasteiger partial charge in [0.2, 0.25) is 10.0 Å². The van der Waals surface area contributed by atoms with E-state index in [2.05, 4.69) is 29.4 Å². The monoisotopic (exact) mass is 457 g/mol. The zero-order chi connectivity index (χ0) is 23.1. The van der Waals surface area contributed by atoms with Crippen LogP contribution in [0.1, 0.15) is 23.6 Å². The maximum atomic E-state index is 13.5. The minimum atomic E-state index is -3.75. The molecule has 5 nitrogen and oxygen atoms in total. The maximum Gasteiger partial charge on any atom is 0.245 e. The fourth-order valence-corrected chi connectivity index (χ4v) is 4.89. The third-order valence-electron chi connectivity index (χ3n) is 5.41. The zero-order valence-corrected chi connectivity index (χ0v) is 19.4. The molecule has 33 heavy (non-hydrogen) atoms. The standard InChI is InChI=1S/C27H27N3O2S/c1-2-22-13-15-25(16-14-22)29-27-18-17-26(19-28-27)33(31,32)30(20-23-9-5-3-6-10-23)21-24-11-7-4-8-12-24/h3-19H,2,20-21H2,1H3,(H,28,29). The molecule has 0 aliphatic heterocycles. The Morgan fingerprint density at radius 3 is 1.79 bits per heavy atom. The molecule has 1 aromatic heterocycles. The van der Waals surface area contributed by atoms with E-state index in [0.29, 0.717) is 5.82 Å². The highest BCUT2D eigenvalue weighted by atomic mass is 32.2. The minimum absolute atomic E-state index is 0.168. The number of pyridine rings is 1. The van der Waals surface area contributed by atoms with Crippen molar-refractivity contribution in [3.8, 4) is 0 Å². The first-order chi connectivity index (χ1) is 16.0. The minimum Gasteiger partial charge on any atom is -0.340 e. The van der Waals surface area contributed by atoms with Crippen LogP contribution in [0.2, 0.25) is 0 Å². The Morgan fingerprint density at radius 1 is 0.727 bits per heavy atom. The lowest BCUT2D eigenvalue weighted by Gasteiger charge is -2.22. The van der Waals surface area contributed by atoms with E-state index in [-0.39, 0.29) is 18.0 Å². The Hall–Kier alpha value is -3.48. The summed E-state index contributed by atoms with van der Waals surface area (Å²) in [5.74, 6) is 0.593. The van der Waals surface area contributed by atoms with Crippen LogP contribution in [0.3, 0.4) is 0 Å². The molecule has 0 unspecified atom stereocenters. The Balaban J connectivity index is 1.56. The highest BCUT2D eigenvalue weighted by Crippen LogP contribution is 2.23. The summed E-state index contributed by atoms with van der Waals surface area (Å²) in [6.45, 7) is 2.67. The molecule has 4 aromatic rings. The fourth-order valence-electron chi connectivity index (χ4n) is 3.53. The molecule has 0 amide bonds. The van der Waals surface area contributed by atoms with Crippen molar-refractivity contribution in [2.45, 2.75) is 31.3 Å². The third-order valence-corrected chi connectivity index (χ3v) is 7.19. The van der Waals surface area contributed by atoms with Gasteiger partial charge in [0.25, 0.3) is 0 Å². The Kier molecular flexibility index (Phi) is 7.17. The SMILES string of the molecule is CCc1ccc(Nc2ccc(S(=O)(=O)N(Cc3ccccc3)Cc3ccccc3)cn2)cc1. The lowest BCUT2D eigenvalue weighted by molar-refractivity contribution is 0.401. The number of aromatic nitrogens is 1. The Bertz CT molecular complexity index is 1220. The molecule has 6 heteroatoms. The van der Waals surface area contributed by atoms with Gasteiger partial charge in [-0.25, -0.2) is 13.4 Å². The van der Waals surface area contributed by atoms with Crippen LogP contribution >= 0.6 is 0 Å². The summed E-state index contributed by atoms with van der Waals surface area (Å²) in [7, 11) is -3.75. The summed E-state index contributed by atoms with van der Waals surface area (Å²) in [4.78, 5) is 4.53. The molecule has 0 aliphatic carbocycles. The number of rotatable bonds is 9. The molecule has 168 valence electrons. The third kappa shape index (κ3) is 5.86. The predicted octanol–water partition coefficient (Wildman–Crippen LogP) is 5.78. The van der Waals surface area contributed by atoms with E-state index in [9.17, 15) is 8.42 Å². The largest absolute Gasteiger partial charge is 0.340 e. The highest BCUT2D eigenvalue weighted by molar-refractivity contribution is 7.89. The van der Waals surface area contributed by atoms with Gasteiger partial charge in [-0.2, -0.15) is 4.31 Å². The summed E-state index contributed by atoms with van der Waals surface area (Å²) in [6.07, 6.45) is 2.40. The topological polar surface area (TPSA) is 62.3 Å². The second-order valence-corrected chi connectivity index (χ2v) is 9.74. The van der Waals surface area contributed by atoms with Gasteiger partial charge in [0.15, 0.2) is 0 Å². The highest BCUT2D eigenvalue weighted by Gasteiger charge is 2.25. The van der Waals surface area contributed by atoms with Gasteiger partial charge in [-0.3, -0.25) is 0 Å². The Labute approximate surface area is 195 Å². The molecule has 1 N–H and O–H groups in total. The molecule has 3 aromatic carbocycles. The van der Waals surface area contributed by atoms with E-state index >= 15 is 0 Å². The van der Waals surface area contributed by atoms with Gasteiger partial charge in [-0.05, 0) is 47.4 Å². The number of sulfonamides is 1. The van der Waals surface area contributed by atoms with Crippen LogP contribution in [0.15, 0.2) is 108 Å². The fraction of sp³-hybridized carbons (Fsp3) is 0.148. The van der Waals surface area contributed by atoms with E-state index in [4.69, 9.17) is 0 Å². The van der Waals surface area contributed by atoms with E-state index < -0.39 is 10.0 Å².